The van der Waals surface area contributed by atoms with Crippen LogP contribution in [0.25, 0.3) is 0 Å². The molecule has 2 rings (SSSR count). The summed E-state index contributed by atoms with van der Waals surface area (Å²) in [4.78, 5) is 14.5. The molecule has 30 heavy (non-hydrogen) atoms. The highest BCUT2D eigenvalue weighted by Gasteiger charge is 2.20. The second kappa shape index (κ2) is 11.6. The quantitative estimate of drug-likeness (QED) is 0.548. The van der Waals surface area contributed by atoms with Crippen molar-refractivity contribution in [2.75, 3.05) is 45.8 Å². The van der Waals surface area contributed by atoms with Gasteiger partial charge in [-0.15, -0.1) is 0 Å². The zero-order valence-electron chi connectivity index (χ0n) is 18.0. The van der Waals surface area contributed by atoms with Gasteiger partial charge in [0.15, 0.2) is 0 Å². The van der Waals surface area contributed by atoms with Gasteiger partial charge in [-0.3, -0.25) is 9.69 Å². The van der Waals surface area contributed by atoms with E-state index in [0.717, 1.165) is 23.4 Å². The first kappa shape index (κ1) is 23.7. The van der Waals surface area contributed by atoms with E-state index in [-0.39, 0.29) is 12.5 Å². The molecule has 0 bridgehead atoms. The molecule has 2 aromatic rings. The van der Waals surface area contributed by atoms with Crippen molar-refractivity contribution >= 4 is 23.3 Å². The molecule has 0 saturated carbocycles. The molecule has 0 aliphatic heterocycles. The highest BCUT2D eigenvalue weighted by Crippen LogP contribution is 2.26. The number of benzene rings is 1. The maximum Gasteiger partial charge on any atom is 0.239 e. The SMILES string of the molecule is COCCCn1c(C)c(C)c(C#N)c1NC(=O)CN(C)CCOc1ccc(Cl)cc1. The van der Waals surface area contributed by atoms with Gasteiger partial charge in [-0.05, 0) is 57.1 Å². The molecule has 0 atom stereocenters. The fourth-order valence-electron chi connectivity index (χ4n) is 3.12. The Hall–Kier alpha value is -2.53. The van der Waals surface area contributed by atoms with Crippen LogP contribution in [0.3, 0.4) is 0 Å². The molecule has 1 heterocycles. The summed E-state index contributed by atoms with van der Waals surface area (Å²) in [5, 5.41) is 13.2. The highest BCUT2D eigenvalue weighted by molar-refractivity contribution is 6.30. The van der Waals surface area contributed by atoms with Crippen LogP contribution in [0.4, 0.5) is 5.82 Å². The third-order valence-electron chi connectivity index (χ3n) is 4.90. The molecule has 1 N–H and O–H groups in total. The van der Waals surface area contributed by atoms with Crippen LogP contribution in [0.2, 0.25) is 5.02 Å². The van der Waals surface area contributed by atoms with E-state index in [9.17, 15) is 10.1 Å². The molecule has 0 fully saturated rings. The molecule has 8 heteroatoms. The van der Waals surface area contributed by atoms with Crippen LogP contribution < -0.4 is 10.1 Å². The molecule has 0 aliphatic rings. The second-order valence-electron chi connectivity index (χ2n) is 7.13. The Kier molecular flexibility index (Phi) is 9.18. The maximum absolute atomic E-state index is 12.6. The number of halogens is 1. The normalized spacial score (nSPS) is 10.8. The number of likely N-dealkylation sites (N-methyl/N-ethyl adjacent to an activating group) is 1. The van der Waals surface area contributed by atoms with Crippen molar-refractivity contribution in [1.29, 1.82) is 5.26 Å². The molecule has 0 spiro atoms. The molecule has 1 amide bonds. The van der Waals surface area contributed by atoms with Crippen molar-refractivity contribution in [3.8, 4) is 11.8 Å². The van der Waals surface area contributed by atoms with Crippen molar-refractivity contribution in [2.24, 2.45) is 0 Å². The van der Waals surface area contributed by atoms with Crippen LogP contribution >= 0.6 is 11.6 Å². The Bertz CT molecular complexity index is 887. The van der Waals surface area contributed by atoms with Gasteiger partial charge in [-0.1, -0.05) is 11.6 Å². The summed E-state index contributed by atoms with van der Waals surface area (Å²) in [6, 6.07) is 9.37. The van der Waals surface area contributed by atoms with Crippen molar-refractivity contribution < 1.29 is 14.3 Å². The molecule has 1 aromatic heterocycles. The predicted octanol–water partition coefficient (Wildman–Crippen LogP) is 3.62. The van der Waals surface area contributed by atoms with Gasteiger partial charge in [-0.25, -0.2) is 0 Å². The van der Waals surface area contributed by atoms with Crippen LogP contribution in [0.5, 0.6) is 5.75 Å². The number of nitrogens with zero attached hydrogens (tertiary/aromatic N) is 3. The monoisotopic (exact) mass is 432 g/mol. The smallest absolute Gasteiger partial charge is 0.239 e. The van der Waals surface area contributed by atoms with Crippen molar-refractivity contribution in [2.45, 2.75) is 26.8 Å². The third kappa shape index (κ3) is 6.49. The fourth-order valence-corrected chi connectivity index (χ4v) is 3.25. The number of rotatable bonds is 11. The van der Waals surface area contributed by atoms with Crippen molar-refractivity contribution in [3.63, 3.8) is 0 Å². The fraction of sp³-hybridized carbons (Fsp3) is 0.455. The van der Waals surface area contributed by atoms with E-state index < -0.39 is 0 Å². The summed E-state index contributed by atoms with van der Waals surface area (Å²) in [5.74, 6) is 1.11. The van der Waals surface area contributed by atoms with Crippen molar-refractivity contribution in [3.05, 3.63) is 46.1 Å². The number of nitrogens with one attached hydrogen (secondary N) is 1. The first-order valence-electron chi connectivity index (χ1n) is 9.82. The lowest BCUT2D eigenvalue weighted by molar-refractivity contribution is -0.117. The largest absolute Gasteiger partial charge is 0.492 e. The number of anilines is 1. The van der Waals surface area contributed by atoms with Crippen LogP contribution in [0.1, 0.15) is 23.2 Å². The van der Waals surface area contributed by atoms with Crippen LogP contribution in [-0.2, 0) is 16.1 Å². The van der Waals surface area contributed by atoms with E-state index in [1.54, 1.807) is 31.4 Å². The van der Waals surface area contributed by atoms with E-state index >= 15 is 0 Å². The Morgan fingerprint density at radius 2 is 1.97 bits per heavy atom. The van der Waals surface area contributed by atoms with Gasteiger partial charge in [0.2, 0.25) is 5.91 Å². The standard InChI is InChI=1S/C22H29ClN4O3/c1-16-17(2)27(10-5-12-29-4)22(20(16)14-24)25-21(28)15-26(3)11-13-30-19-8-6-18(23)7-9-19/h6-9H,5,10-13,15H2,1-4H3,(H,25,28). The molecule has 162 valence electrons. The Labute approximate surface area is 183 Å². The lowest BCUT2D eigenvalue weighted by atomic mass is 10.2. The third-order valence-corrected chi connectivity index (χ3v) is 5.15. The van der Waals surface area contributed by atoms with Crippen LogP contribution in [-0.4, -0.2) is 55.8 Å². The molecular formula is C22H29ClN4O3. The number of carbonyl (C=O) groups excluding carboxylic acids is 1. The first-order chi connectivity index (χ1) is 14.4. The Balaban J connectivity index is 1.93. The summed E-state index contributed by atoms with van der Waals surface area (Å²) in [7, 11) is 3.51. The van der Waals surface area contributed by atoms with Gasteiger partial charge >= 0.3 is 0 Å². The van der Waals surface area contributed by atoms with Gasteiger partial charge < -0.3 is 19.4 Å². The molecule has 0 aliphatic carbocycles. The van der Waals surface area contributed by atoms with E-state index in [0.29, 0.717) is 42.7 Å². The Morgan fingerprint density at radius 1 is 1.27 bits per heavy atom. The zero-order valence-corrected chi connectivity index (χ0v) is 18.8. The maximum atomic E-state index is 12.6. The minimum atomic E-state index is -0.175. The van der Waals surface area contributed by atoms with Gasteiger partial charge in [-0.2, -0.15) is 5.26 Å². The number of nitriles is 1. The summed E-state index contributed by atoms with van der Waals surface area (Å²) < 4.78 is 12.8. The minimum absolute atomic E-state index is 0.175. The molecule has 7 nitrogen and oxygen atoms in total. The molecule has 1 aromatic carbocycles. The number of aromatic nitrogens is 1. The van der Waals surface area contributed by atoms with Gasteiger partial charge in [0.05, 0.1) is 12.1 Å². The molecule has 0 unspecified atom stereocenters. The number of hydrogen-bond donors (Lipinski definition) is 1. The lowest BCUT2D eigenvalue weighted by Gasteiger charge is -2.18. The molecule has 0 saturated heterocycles. The predicted molar refractivity (Wildman–Crippen MR) is 118 cm³/mol. The summed E-state index contributed by atoms with van der Waals surface area (Å²) in [6.45, 7) is 6.35. The van der Waals surface area contributed by atoms with E-state index in [2.05, 4.69) is 11.4 Å². The second-order valence-corrected chi connectivity index (χ2v) is 7.57. The van der Waals surface area contributed by atoms with Crippen LogP contribution in [0.15, 0.2) is 24.3 Å². The van der Waals surface area contributed by atoms with E-state index in [4.69, 9.17) is 21.1 Å². The van der Waals surface area contributed by atoms with Crippen LogP contribution in [0, 0.1) is 25.2 Å². The summed E-state index contributed by atoms with van der Waals surface area (Å²) in [6.07, 6.45) is 0.793. The first-order valence-corrected chi connectivity index (χ1v) is 10.2. The minimum Gasteiger partial charge on any atom is -0.492 e. The lowest BCUT2D eigenvalue weighted by Crippen LogP contribution is -2.33. The van der Waals surface area contributed by atoms with Crippen molar-refractivity contribution in [1.82, 2.24) is 9.47 Å². The van der Waals surface area contributed by atoms with Gasteiger partial charge in [0.1, 0.15) is 24.2 Å². The summed E-state index contributed by atoms with van der Waals surface area (Å²) >= 11 is 5.86. The summed E-state index contributed by atoms with van der Waals surface area (Å²) in [5.41, 5.74) is 2.37. The number of hydrogen-bond acceptors (Lipinski definition) is 5. The molecular weight excluding hydrogens is 404 g/mol. The number of ether oxygens (including phenoxy) is 2. The van der Waals surface area contributed by atoms with E-state index in [1.165, 1.54) is 0 Å². The van der Waals surface area contributed by atoms with E-state index in [1.807, 2.05) is 30.4 Å². The number of amides is 1. The van der Waals surface area contributed by atoms with Gasteiger partial charge in [0, 0.05) is 37.5 Å². The van der Waals surface area contributed by atoms with Gasteiger partial charge in [0.25, 0.3) is 0 Å². The topological polar surface area (TPSA) is 79.5 Å². The number of carbonyl (C=O) groups is 1. The number of methoxy groups -OCH3 is 1. The Morgan fingerprint density at radius 3 is 2.60 bits per heavy atom. The average molecular weight is 433 g/mol. The zero-order chi connectivity index (χ0) is 22.1. The molecule has 0 radical (unpaired) electrons. The average Bonchev–Trinajstić information content (AvgIpc) is 2.93. The highest BCUT2D eigenvalue weighted by atomic mass is 35.5.